The van der Waals surface area contributed by atoms with E-state index in [0.29, 0.717) is 35.8 Å². The predicted molar refractivity (Wildman–Crippen MR) is 99.9 cm³/mol. The van der Waals surface area contributed by atoms with E-state index in [9.17, 15) is 4.79 Å². The van der Waals surface area contributed by atoms with Gasteiger partial charge in [-0.1, -0.05) is 23.1 Å². The summed E-state index contributed by atoms with van der Waals surface area (Å²) in [4.78, 5) is 20.8. The number of hydrogen-bond donors (Lipinski definition) is 2. The quantitative estimate of drug-likeness (QED) is 0.479. The van der Waals surface area contributed by atoms with Crippen molar-refractivity contribution in [2.45, 2.75) is 31.2 Å². The number of amides is 1. The number of fused-ring (bicyclic) bond motifs is 1. The minimum atomic E-state index is -0.157. The monoisotopic (exact) mass is 377 g/mol. The van der Waals surface area contributed by atoms with E-state index >= 15 is 0 Å². The third-order valence-electron chi connectivity index (χ3n) is 3.53. The maximum Gasteiger partial charge on any atom is 0.252 e. The van der Waals surface area contributed by atoms with Crippen LogP contribution in [0.1, 0.15) is 28.7 Å². The first-order valence-electron chi connectivity index (χ1n) is 7.91. The van der Waals surface area contributed by atoms with E-state index in [1.807, 2.05) is 18.4 Å². The molecule has 0 atom stereocenters. The molecule has 0 aliphatic carbocycles. The van der Waals surface area contributed by atoms with Crippen LogP contribution in [0.15, 0.2) is 16.6 Å². The van der Waals surface area contributed by atoms with Crippen LogP contribution in [0, 0.1) is 6.92 Å². The molecule has 1 amide bonds. The van der Waals surface area contributed by atoms with Gasteiger partial charge in [-0.05, 0) is 26.3 Å². The van der Waals surface area contributed by atoms with Crippen LogP contribution in [0.3, 0.4) is 0 Å². The van der Waals surface area contributed by atoms with E-state index in [2.05, 4.69) is 25.5 Å². The van der Waals surface area contributed by atoms with E-state index in [-0.39, 0.29) is 5.91 Å². The predicted octanol–water partition coefficient (Wildman–Crippen LogP) is 2.11. The summed E-state index contributed by atoms with van der Waals surface area (Å²) in [5, 5.41) is 11.9. The second-order valence-corrected chi connectivity index (χ2v) is 7.85. The van der Waals surface area contributed by atoms with Crippen molar-refractivity contribution < 1.29 is 4.79 Å². The number of nitrogens with one attached hydrogen (secondary N) is 1. The van der Waals surface area contributed by atoms with E-state index in [0.717, 1.165) is 21.5 Å². The van der Waals surface area contributed by atoms with Gasteiger partial charge in [-0.2, -0.15) is 0 Å². The Hall–Kier alpha value is -2.20. The summed E-state index contributed by atoms with van der Waals surface area (Å²) < 4.78 is 2.77. The van der Waals surface area contributed by atoms with Crippen molar-refractivity contribution in [3.8, 4) is 0 Å². The SMILES string of the molecule is CCn1c(N)nc2cc(C(=O)NCCCSc3nnc(C)s3)cnc21. The number of anilines is 1. The number of nitrogens with two attached hydrogens (primary N) is 1. The fourth-order valence-electron chi connectivity index (χ4n) is 2.34. The molecular formula is C15H19N7OS2. The Morgan fingerprint density at radius 2 is 2.28 bits per heavy atom. The fraction of sp³-hybridized carbons (Fsp3) is 0.400. The average molecular weight is 377 g/mol. The first-order chi connectivity index (χ1) is 12.1. The number of imidazole rings is 1. The van der Waals surface area contributed by atoms with E-state index < -0.39 is 0 Å². The summed E-state index contributed by atoms with van der Waals surface area (Å²) in [5.74, 6) is 1.13. The molecule has 132 valence electrons. The number of aryl methyl sites for hydroxylation is 2. The van der Waals surface area contributed by atoms with Crippen LogP contribution in [-0.4, -0.2) is 42.9 Å². The second-order valence-electron chi connectivity index (χ2n) is 5.33. The zero-order chi connectivity index (χ0) is 17.8. The lowest BCUT2D eigenvalue weighted by atomic mass is 10.2. The molecule has 0 radical (unpaired) electrons. The van der Waals surface area contributed by atoms with Crippen LogP contribution < -0.4 is 11.1 Å². The summed E-state index contributed by atoms with van der Waals surface area (Å²) in [6.45, 7) is 5.19. The zero-order valence-corrected chi connectivity index (χ0v) is 15.7. The van der Waals surface area contributed by atoms with Crippen LogP contribution in [-0.2, 0) is 6.54 Å². The molecule has 0 aliphatic heterocycles. The molecule has 8 nitrogen and oxygen atoms in total. The Morgan fingerprint density at radius 1 is 1.44 bits per heavy atom. The van der Waals surface area contributed by atoms with Crippen molar-refractivity contribution in [3.05, 3.63) is 22.8 Å². The topological polar surface area (TPSA) is 112 Å². The minimum Gasteiger partial charge on any atom is -0.369 e. The maximum atomic E-state index is 12.2. The Morgan fingerprint density at radius 3 is 3.00 bits per heavy atom. The van der Waals surface area contributed by atoms with Gasteiger partial charge < -0.3 is 11.1 Å². The third-order valence-corrected chi connectivity index (χ3v) is 5.59. The van der Waals surface area contributed by atoms with Crippen molar-refractivity contribution >= 4 is 46.1 Å². The minimum absolute atomic E-state index is 0.157. The third kappa shape index (κ3) is 4.07. The van der Waals surface area contributed by atoms with Crippen LogP contribution >= 0.6 is 23.1 Å². The van der Waals surface area contributed by atoms with Crippen LogP contribution in [0.2, 0.25) is 0 Å². The van der Waals surface area contributed by atoms with Gasteiger partial charge in [-0.15, -0.1) is 10.2 Å². The number of pyridine rings is 1. The molecular weight excluding hydrogens is 358 g/mol. The average Bonchev–Trinajstić information content (AvgIpc) is 3.15. The fourth-order valence-corrected chi connectivity index (χ4v) is 4.16. The van der Waals surface area contributed by atoms with Gasteiger partial charge in [0.2, 0.25) is 5.95 Å². The molecule has 3 N–H and O–H groups in total. The molecule has 0 unspecified atom stereocenters. The number of thioether (sulfide) groups is 1. The Kier molecular flexibility index (Phi) is 5.49. The van der Waals surface area contributed by atoms with Gasteiger partial charge in [0.1, 0.15) is 10.5 Å². The summed E-state index contributed by atoms with van der Waals surface area (Å²) in [6.07, 6.45) is 2.41. The van der Waals surface area contributed by atoms with E-state index in [4.69, 9.17) is 5.73 Å². The van der Waals surface area contributed by atoms with Crippen LogP contribution in [0.5, 0.6) is 0 Å². The van der Waals surface area contributed by atoms with Crippen molar-refractivity contribution in [1.29, 1.82) is 0 Å². The lowest BCUT2D eigenvalue weighted by molar-refractivity contribution is 0.0953. The number of carbonyl (C=O) groups excluding carboxylic acids is 1. The van der Waals surface area contributed by atoms with E-state index in [1.54, 1.807) is 35.4 Å². The molecule has 0 aliphatic rings. The van der Waals surface area contributed by atoms with Crippen LogP contribution in [0.4, 0.5) is 5.95 Å². The Bertz CT molecular complexity index is 889. The molecule has 0 aromatic carbocycles. The molecule has 0 fully saturated rings. The molecule has 0 saturated carbocycles. The number of hydrogen-bond acceptors (Lipinski definition) is 8. The smallest absolute Gasteiger partial charge is 0.252 e. The van der Waals surface area contributed by atoms with Crippen molar-refractivity contribution in [3.63, 3.8) is 0 Å². The molecule has 3 aromatic heterocycles. The number of rotatable bonds is 7. The lowest BCUT2D eigenvalue weighted by Gasteiger charge is -2.05. The molecule has 0 saturated heterocycles. The largest absolute Gasteiger partial charge is 0.369 e. The normalized spacial score (nSPS) is 11.1. The standard InChI is InChI=1S/C15H19N7OS2/c1-3-22-12-11(19-14(22)16)7-10(8-18-12)13(23)17-5-4-6-24-15-21-20-9(2)25-15/h7-8H,3-6H2,1-2H3,(H2,16,19)(H,17,23). The highest BCUT2D eigenvalue weighted by atomic mass is 32.2. The van der Waals surface area contributed by atoms with Crippen molar-refractivity contribution in [1.82, 2.24) is 30.0 Å². The summed E-state index contributed by atoms with van der Waals surface area (Å²) in [7, 11) is 0. The van der Waals surface area contributed by atoms with E-state index in [1.165, 1.54) is 0 Å². The molecule has 3 rings (SSSR count). The number of nitrogens with zero attached hydrogens (tertiary/aromatic N) is 5. The van der Waals surface area contributed by atoms with Gasteiger partial charge in [0, 0.05) is 25.0 Å². The molecule has 10 heteroatoms. The van der Waals surface area contributed by atoms with Gasteiger partial charge in [0.15, 0.2) is 9.99 Å². The molecule has 3 aromatic rings. The van der Waals surface area contributed by atoms with Gasteiger partial charge in [-0.25, -0.2) is 9.97 Å². The van der Waals surface area contributed by atoms with Crippen LogP contribution in [0.25, 0.3) is 11.2 Å². The summed E-state index contributed by atoms with van der Waals surface area (Å²) in [6, 6.07) is 1.72. The molecule has 0 spiro atoms. The highest BCUT2D eigenvalue weighted by Gasteiger charge is 2.12. The summed E-state index contributed by atoms with van der Waals surface area (Å²) in [5.41, 5.74) is 7.67. The van der Waals surface area contributed by atoms with Gasteiger partial charge in [0.25, 0.3) is 5.91 Å². The first-order valence-corrected chi connectivity index (χ1v) is 9.71. The van der Waals surface area contributed by atoms with Crippen molar-refractivity contribution in [2.24, 2.45) is 0 Å². The summed E-state index contributed by atoms with van der Waals surface area (Å²) >= 11 is 3.23. The zero-order valence-electron chi connectivity index (χ0n) is 14.0. The molecule has 0 bridgehead atoms. The number of carbonyl (C=O) groups is 1. The second kappa shape index (κ2) is 7.79. The highest BCUT2D eigenvalue weighted by molar-refractivity contribution is 8.01. The highest BCUT2D eigenvalue weighted by Crippen LogP contribution is 2.22. The Balaban J connectivity index is 1.52. The first kappa shape index (κ1) is 17.6. The molecule has 25 heavy (non-hydrogen) atoms. The maximum absolute atomic E-state index is 12.2. The van der Waals surface area contributed by atoms with Gasteiger partial charge in [0.05, 0.1) is 5.56 Å². The number of nitrogen functional groups attached to an aromatic ring is 1. The van der Waals surface area contributed by atoms with Gasteiger partial charge in [-0.3, -0.25) is 9.36 Å². The lowest BCUT2D eigenvalue weighted by Crippen LogP contribution is -2.24. The number of aromatic nitrogens is 5. The Labute approximate surface area is 153 Å². The van der Waals surface area contributed by atoms with Gasteiger partial charge >= 0.3 is 0 Å². The van der Waals surface area contributed by atoms with Crippen molar-refractivity contribution in [2.75, 3.05) is 18.0 Å². The molecule has 3 heterocycles.